The molecule has 1 saturated heterocycles. The Balaban J connectivity index is 1.99. The Morgan fingerprint density at radius 2 is 2.31 bits per heavy atom. The van der Waals surface area contributed by atoms with Gasteiger partial charge < -0.3 is 5.73 Å². The Labute approximate surface area is 97.4 Å². The van der Waals surface area contributed by atoms with Crippen molar-refractivity contribution in [2.75, 3.05) is 13.1 Å². The Bertz CT molecular complexity index is 321. The molecule has 0 aliphatic carbocycles. The molecule has 1 atom stereocenters. The minimum atomic E-state index is 0.546. The van der Waals surface area contributed by atoms with Gasteiger partial charge in [0.25, 0.3) is 0 Å². The molecule has 1 aliphatic rings. The zero-order valence-corrected chi connectivity index (χ0v) is 10.1. The smallest absolute Gasteiger partial charge is 0.0764 e. The molecule has 4 heteroatoms. The zero-order valence-electron chi connectivity index (χ0n) is 10.1. The number of hydrogen-bond donors (Lipinski definition) is 1. The Morgan fingerprint density at radius 3 is 3.00 bits per heavy atom. The van der Waals surface area contributed by atoms with Crippen LogP contribution in [-0.4, -0.2) is 33.8 Å². The number of nitrogens with zero attached hydrogens (tertiary/aromatic N) is 3. The third-order valence-corrected chi connectivity index (χ3v) is 3.41. The van der Waals surface area contributed by atoms with Crippen LogP contribution in [0.3, 0.4) is 0 Å². The quantitative estimate of drug-likeness (QED) is 0.834. The summed E-state index contributed by atoms with van der Waals surface area (Å²) in [6.45, 7) is 2.88. The van der Waals surface area contributed by atoms with Gasteiger partial charge in [-0.2, -0.15) is 5.10 Å². The predicted octanol–water partition coefficient (Wildman–Crippen LogP) is 1.12. The van der Waals surface area contributed by atoms with E-state index in [0.29, 0.717) is 6.04 Å². The highest BCUT2D eigenvalue weighted by Gasteiger charge is 2.20. The van der Waals surface area contributed by atoms with E-state index < -0.39 is 0 Å². The van der Waals surface area contributed by atoms with Gasteiger partial charge in [0, 0.05) is 32.4 Å². The predicted molar refractivity (Wildman–Crippen MR) is 64.9 cm³/mol. The third kappa shape index (κ3) is 2.83. The van der Waals surface area contributed by atoms with Gasteiger partial charge in [0.05, 0.1) is 5.69 Å². The molecule has 0 amide bonds. The molecule has 2 heterocycles. The highest BCUT2D eigenvalue weighted by Crippen LogP contribution is 2.17. The van der Waals surface area contributed by atoms with Crippen LogP contribution < -0.4 is 5.73 Å². The van der Waals surface area contributed by atoms with Crippen LogP contribution in [0.15, 0.2) is 12.3 Å². The molecule has 1 fully saturated rings. The zero-order chi connectivity index (χ0) is 11.4. The molecule has 1 aromatic rings. The number of rotatable bonds is 3. The van der Waals surface area contributed by atoms with Crippen molar-refractivity contribution >= 4 is 0 Å². The summed E-state index contributed by atoms with van der Waals surface area (Å²) in [7, 11) is 1.96. The molecule has 1 unspecified atom stereocenters. The fraction of sp³-hybridized carbons (Fsp3) is 0.750. The lowest BCUT2D eigenvalue weighted by Crippen LogP contribution is -2.39. The van der Waals surface area contributed by atoms with Crippen LogP contribution >= 0.6 is 0 Å². The minimum absolute atomic E-state index is 0.546. The summed E-state index contributed by atoms with van der Waals surface area (Å²) in [6.07, 6.45) is 7.20. The maximum absolute atomic E-state index is 5.85. The summed E-state index contributed by atoms with van der Waals surface area (Å²) < 4.78 is 1.87. The van der Waals surface area contributed by atoms with Crippen molar-refractivity contribution in [2.24, 2.45) is 12.8 Å². The molecule has 0 spiro atoms. The van der Waals surface area contributed by atoms with Gasteiger partial charge in [-0.15, -0.1) is 0 Å². The Hall–Kier alpha value is -0.870. The van der Waals surface area contributed by atoms with Crippen LogP contribution in [0, 0.1) is 0 Å². The van der Waals surface area contributed by atoms with Crippen molar-refractivity contribution in [3.05, 3.63) is 18.0 Å². The second kappa shape index (κ2) is 5.46. The first kappa shape index (κ1) is 11.6. The Morgan fingerprint density at radius 1 is 1.44 bits per heavy atom. The van der Waals surface area contributed by atoms with E-state index >= 15 is 0 Å². The number of aryl methyl sites for hydroxylation is 1. The molecule has 0 bridgehead atoms. The minimum Gasteiger partial charge on any atom is -0.329 e. The van der Waals surface area contributed by atoms with Crippen molar-refractivity contribution in [2.45, 2.75) is 38.3 Å². The molecule has 4 nitrogen and oxygen atoms in total. The van der Waals surface area contributed by atoms with Crippen molar-refractivity contribution in [3.63, 3.8) is 0 Å². The fourth-order valence-corrected chi connectivity index (χ4v) is 2.47. The summed E-state index contributed by atoms with van der Waals surface area (Å²) in [6, 6.07) is 2.64. The average Bonchev–Trinajstić information content (AvgIpc) is 2.56. The van der Waals surface area contributed by atoms with E-state index in [2.05, 4.69) is 16.1 Å². The van der Waals surface area contributed by atoms with E-state index in [1.165, 1.54) is 32.2 Å². The van der Waals surface area contributed by atoms with E-state index in [9.17, 15) is 0 Å². The fourth-order valence-electron chi connectivity index (χ4n) is 2.47. The van der Waals surface area contributed by atoms with Gasteiger partial charge in [0.15, 0.2) is 0 Å². The standard InChI is InChI=1S/C12H22N4/c1-15-8-6-11(14-15)10-16-7-4-2-3-5-12(16)9-13/h6,8,12H,2-5,7,9-10,13H2,1H3. The van der Waals surface area contributed by atoms with Gasteiger partial charge in [0.1, 0.15) is 0 Å². The van der Waals surface area contributed by atoms with E-state index in [-0.39, 0.29) is 0 Å². The largest absolute Gasteiger partial charge is 0.329 e. The molecular formula is C12H22N4. The number of likely N-dealkylation sites (tertiary alicyclic amines) is 1. The van der Waals surface area contributed by atoms with E-state index in [0.717, 1.165) is 18.8 Å². The van der Waals surface area contributed by atoms with Gasteiger partial charge in [-0.3, -0.25) is 9.58 Å². The lowest BCUT2D eigenvalue weighted by atomic mass is 10.1. The van der Waals surface area contributed by atoms with Gasteiger partial charge in [0.2, 0.25) is 0 Å². The van der Waals surface area contributed by atoms with Gasteiger partial charge in [-0.25, -0.2) is 0 Å². The van der Waals surface area contributed by atoms with Crippen molar-refractivity contribution in [3.8, 4) is 0 Å². The van der Waals surface area contributed by atoms with E-state index in [1.54, 1.807) is 0 Å². The molecule has 1 aliphatic heterocycles. The summed E-state index contributed by atoms with van der Waals surface area (Å²) >= 11 is 0. The highest BCUT2D eigenvalue weighted by molar-refractivity contribution is 4.99. The summed E-state index contributed by atoms with van der Waals surface area (Å²) in [5.74, 6) is 0. The van der Waals surface area contributed by atoms with Gasteiger partial charge in [-0.1, -0.05) is 12.8 Å². The van der Waals surface area contributed by atoms with Crippen LogP contribution in [0.1, 0.15) is 31.4 Å². The SMILES string of the molecule is Cn1ccc(CN2CCCCCC2CN)n1. The first-order chi connectivity index (χ1) is 7.79. The lowest BCUT2D eigenvalue weighted by molar-refractivity contribution is 0.193. The van der Waals surface area contributed by atoms with Crippen LogP contribution in [0.2, 0.25) is 0 Å². The molecule has 16 heavy (non-hydrogen) atoms. The van der Waals surface area contributed by atoms with Crippen LogP contribution in [0.25, 0.3) is 0 Å². The average molecular weight is 222 g/mol. The highest BCUT2D eigenvalue weighted by atomic mass is 15.3. The monoisotopic (exact) mass is 222 g/mol. The normalized spacial score (nSPS) is 23.2. The van der Waals surface area contributed by atoms with Crippen LogP contribution in [-0.2, 0) is 13.6 Å². The van der Waals surface area contributed by atoms with Crippen molar-refractivity contribution in [1.82, 2.24) is 14.7 Å². The second-order valence-corrected chi connectivity index (χ2v) is 4.69. The van der Waals surface area contributed by atoms with Crippen molar-refractivity contribution < 1.29 is 0 Å². The summed E-state index contributed by atoms with van der Waals surface area (Å²) in [4.78, 5) is 2.50. The van der Waals surface area contributed by atoms with Crippen LogP contribution in [0.5, 0.6) is 0 Å². The molecular weight excluding hydrogens is 200 g/mol. The lowest BCUT2D eigenvalue weighted by Gasteiger charge is -2.27. The molecule has 0 aromatic carbocycles. The maximum atomic E-state index is 5.85. The molecule has 0 radical (unpaired) electrons. The number of nitrogens with two attached hydrogens (primary N) is 1. The second-order valence-electron chi connectivity index (χ2n) is 4.69. The first-order valence-electron chi connectivity index (χ1n) is 6.22. The molecule has 0 saturated carbocycles. The van der Waals surface area contributed by atoms with E-state index in [4.69, 9.17) is 5.73 Å². The molecule has 2 rings (SSSR count). The molecule has 2 N–H and O–H groups in total. The topological polar surface area (TPSA) is 47.1 Å². The number of hydrogen-bond acceptors (Lipinski definition) is 3. The van der Waals surface area contributed by atoms with Crippen molar-refractivity contribution in [1.29, 1.82) is 0 Å². The third-order valence-electron chi connectivity index (χ3n) is 3.41. The van der Waals surface area contributed by atoms with Crippen LogP contribution in [0.4, 0.5) is 0 Å². The molecule has 90 valence electrons. The van der Waals surface area contributed by atoms with Gasteiger partial charge >= 0.3 is 0 Å². The van der Waals surface area contributed by atoms with Gasteiger partial charge in [-0.05, 0) is 25.5 Å². The molecule has 1 aromatic heterocycles. The summed E-state index contributed by atoms with van der Waals surface area (Å²) in [5.41, 5.74) is 7.01. The number of aromatic nitrogens is 2. The maximum Gasteiger partial charge on any atom is 0.0764 e. The first-order valence-corrected chi connectivity index (χ1v) is 6.22. The van der Waals surface area contributed by atoms with E-state index in [1.807, 2.05) is 17.9 Å². The summed E-state index contributed by atoms with van der Waals surface area (Å²) in [5, 5.41) is 4.44. The Kier molecular flexibility index (Phi) is 3.96.